The molecule has 8 nitrogen and oxygen atoms in total. The molecule has 0 spiro atoms. The van der Waals surface area contributed by atoms with Crippen LogP contribution in [0.5, 0.6) is 5.75 Å². The minimum absolute atomic E-state index is 0.00592. The van der Waals surface area contributed by atoms with Crippen LogP contribution in [0.3, 0.4) is 0 Å². The van der Waals surface area contributed by atoms with E-state index in [9.17, 15) is 13.2 Å². The lowest BCUT2D eigenvalue weighted by molar-refractivity contribution is 0.0941. The van der Waals surface area contributed by atoms with Crippen LogP contribution in [0.25, 0.3) is 11.3 Å². The summed E-state index contributed by atoms with van der Waals surface area (Å²) in [6, 6.07) is 12.5. The molecule has 162 valence electrons. The number of amides is 1. The lowest BCUT2D eigenvalue weighted by Gasteiger charge is -2.13. The number of aromatic nitrogens is 3. The molecule has 4 rings (SSSR count). The largest absolute Gasteiger partial charge is 0.497 e. The number of benzene rings is 1. The monoisotopic (exact) mass is 440 g/mol. The highest BCUT2D eigenvalue weighted by atomic mass is 32.2. The zero-order valence-corrected chi connectivity index (χ0v) is 18.0. The summed E-state index contributed by atoms with van der Waals surface area (Å²) in [5, 5.41) is 7.54. The van der Waals surface area contributed by atoms with E-state index in [2.05, 4.69) is 15.4 Å². The summed E-state index contributed by atoms with van der Waals surface area (Å²) in [6.07, 6.45) is 4.55. The van der Waals surface area contributed by atoms with Gasteiger partial charge in [-0.2, -0.15) is 5.10 Å². The number of sulfone groups is 1. The molecule has 3 heterocycles. The molecule has 1 aliphatic rings. The van der Waals surface area contributed by atoms with E-state index in [4.69, 9.17) is 4.74 Å². The SMILES string of the molecule is COc1ccc(-c2cc(C(=O)NCCc3ccncc3)n([C@@H]3CCS(=O)(=O)C3)n2)cc1. The summed E-state index contributed by atoms with van der Waals surface area (Å²) in [5.41, 5.74) is 2.88. The maximum absolute atomic E-state index is 13.0. The molecular formula is C22H24N4O4S. The Labute approximate surface area is 181 Å². The summed E-state index contributed by atoms with van der Waals surface area (Å²) < 4.78 is 30.8. The Kier molecular flexibility index (Phi) is 6.03. The molecule has 2 aromatic heterocycles. The Morgan fingerprint density at radius 2 is 1.94 bits per heavy atom. The molecule has 0 unspecified atom stereocenters. The van der Waals surface area contributed by atoms with Crippen molar-refractivity contribution in [2.45, 2.75) is 18.9 Å². The third-order valence-electron chi connectivity index (χ3n) is 5.36. The van der Waals surface area contributed by atoms with Gasteiger partial charge in [0.1, 0.15) is 11.4 Å². The smallest absolute Gasteiger partial charge is 0.269 e. The zero-order chi connectivity index (χ0) is 21.8. The highest BCUT2D eigenvalue weighted by Crippen LogP contribution is 2.28. The van der Waals surface area contributed by atoms with E-state index in [1.807, 2.05) is 36.4 Å². The number of hydrogen-bond donors (Lipinski definition) is 1. The maximum Gasteiger partial charge on any atom is 0.269 e. The Morgan fingerprint density at radius 1 is 1.19 bits per heavy atom. The summed E-state index contributed by atoms with van der Waals surface area (Å²) in [4.78, 5) is 17.0. The molecule has 1 aromatic carbocycles. The molecule has 3 aromatic rings. The van der Waals surface area contributed by atoms with Crippen molar-refractivity contribution >= 4 is 15.7 Å². The summed E-state index contributed by atoms with van der Waals surface area (Å²) in [7, 11) is -1.52. The van der Waals surface area contributed by atoms with E-state index in [1.54, 1.807) is 30.3 Å². The Morgan fingerprint density at radius 3 is 2.58 bits per heavy atom. The van der Waals surface area contributed by atoms with E-state index in [1.165, 1.54) is 0 Å². The van der Waals surface area contributed by atoms with Crippen LogP contribution in [0.4, 0.5) is 0 Å². The van der Waals surface area contributed by atoms with Crippen LogP contribution in [0.1, 0.15) is 28.5 Å². The first-order valence-corrected chi connectivity index (χ1v) is 11.9. The van der Waals surface area contributed by atoms with E-state index >= 15 is 0 Å². The van der Waals surface area contributed by atoms with Crippen molar-refractivity contribution in [1.29, 1.82) is 0 Å². The molecule has 1 aliphatic heterocycles. The van der Waals surface area contributed by atoms with Gasteiger partial charge in [-0.25, -0.2) is 8.42 Å². The van der Waals surface area contributed by atoms with Gasteiger partial charge in [0, 0.05) is 24.5 Å². The van der Waals surface area contributed by atoms with E-state index < -0.39 is 9.84 Å². The first kappa shape index (κ1) is 21.0. The fourth-order valence-corrected chi connectivity index (χ4v) is 5.37. The lowest BCUT2D eigenvalue weighted by Crippen LogP contribution is -2.29. The minimum atomic E-state index is -3.12. The lowest BCUT2D eigenvalue weighted by atomic mass is 10.1. The van der Waals surface area contributed by atoms with Crippen LogP contribution < -0.4 is 10.1 Å². The topological polar surface area (TPSA) is 103 Å². The quantitative estimate of drug-likeness (QED) is 0.605. The van der Waals surface area contributed by atoms with Crippen LogP contribution in [0, 0.1) is 0 Å². The summed E-state index contributed by atoms with van der Waals surface area (Å²) in [5.74, 6) is 0.553. The van der Waals surface area contributed by atoms with Crippen molar-refractivity contribution in [3.05, 3.63) is 66.1 Å². The average molecular weight is 441 g/mol. The van der Waals surface area contributed by atoms with Gasteiger partial charge in [0.2, 0.25) is 0 Å². The van der Waals surface area contributed by atoms with Crippen molar-refractivity contribution < 1.29 is 17.9 Å². The number of carbonyl (C=O) groups is 1. The number of ether oxygens (including phenoxy) is 1. The first-order valence-electron chi connectivity index (χ1n) is 10.1. The van der Waals surface area contributed by atoms with Gasteiger partial charge in [0.25, 0.3) is 5.91 Å². The second-order valence-electron chi connectivity index (χ2n) is 7.51. The predicted molar refractivity (Wildman–Crippen MR) is 117 cm³/mol. The second kappa shape index (κ2) is 8.89. The minimum Gasteiger partial charge on any atom is -0.497 e. The van der Waals surface area contributed by atoms with E-state index in [0.717, 1.165) is 16.9 Å². The number of hydrogen-bond acceptors (Lipinski definition) is 6. The van der Waals surface area contributed by atoms with Gasteiger partial charge in [-0.15, -0.1) is 0 Å². The molecule has 9 heteroatoms. The number of pyridine rings is 1. The zero-order valence-electron chi connectivity index (χ0n) is 17.2. The molecule has 1 saturated heterocycles. The van der Waals surface area contributed by atoms with Crippen LogP contribution in [0.15, 0.2) is 54.9 Å². The fraction of sp³-hybridized carbons (Fsp3) is 0.318. The average Bonchev–Trinajstić information content (AvgIpc) is 3.38. The third-order valence-corrected chi connectivity index (χ3v) is 7.11. The molecule has 1 atom stereocenters. The van der Waals surface area contributed by atoms with Gasteiger partial charge in [0.05, 0.1) is 30.4 Å². The number of methoxy groups -OCH3 is 1. The van der Waals surface area contributed by atoms with Crippen molar-refractivity contribution in [2.24, 2.45) is 0 Å². The van der Waals surface area contributed by atoms with Crippen LogP contribution in [-0.4, -0.2) is 54.2 Å². The van der Waals surface area contributed by atoms with E-state index in [-0.39, 0.29) is 23.5 Å². The number of nitrogens with one attached hydrogen (secondary N) is 1. The van der Waals surface area contributed by atoms with Gasteiger partial charge in [0.15, 0.2) is 9.84 Å². The second-order valence-corrected chi connectivity index (χ2v) is 9.73. The molecular weight excluding hydrogens is 416 g/mol. The normalized spacial score (nSPS) is 17.4. The van der Waals surface area contributed by atoms with E-state index in [0.29, 0.717) is 30.8 Å². The molecule has 0 bridgehead atoms. The predicted octanol–water partition coefficient (Wildman–Crippen LogP) is 2.29. The van der Waals surface area contributed by atoms with Crippen molar-refractivity contribution in [2.75, 3.05) is 25.2 Å². The molecule has 31 heavy (non-hydrogen) atoms. The standard InChI is InChI=1S/C22H24N4O4S/c1-30-19-4-2-17(3-5-19)20-14-21(26(25-20)18-9-13-31(28,29)15-18)22(27)24-12-8-16-6-10-23-11-7-16/h2-7,10-11,14,18H,8-9,12-13,15H2,1H3,(H,24,27)/t18-/m1/s1. The highest BCUT2D eigenvalue weighted by Gasteiger charge is 2.32. The third kappa shape index (κ3) is 4.93. The molecule has 1 amide bonds. The van der Waals surface area contributed by atoms with Gasteiger partial charge in [-0.3, -0.25) is 14.5 Å². The molecule has 0 radical (unpaired) electrons. The number of nitrogens with zero attached hydrogens (tertiary/aromatic N) is 3. The van der Waals surface area contributed by atoms with Gasteiger partial charge in [-0.1, -0.05) is 0 Å². The number of rotatable bonds is 7. The fourth-order valence-electron chi connectivity index (χ4n) is 3.67. The molecule has 1 fully saturated rings. The summed E-state index contributed by atoms with van der Waals surface area (Å²) >= 11 is 0. The highest BCUT2D eigenvalue weighted by molar-refractivity contribution is 7.91. The van der Waals surface area contributed by atoms with Crippen molar-refractivity contribution in [3.63, 3.8) is 0 Å². The Bertz CT molecular complexity index is 1160. The van der Waals surface area contributed by atoms with Crippen LogP contribution >= 0.6 is 0 Å². The Hall–Kier alpha value is -3.20. The summed E-state index contributed by atoms with van der Waals surface area (Å²) in [6.45, 7) is 0.453. The first-order chi connectivity index (χ1) is 14.9. The number of carbonyl (C=O) groups excluding carboxylic acids is 1. The van der Waals surface area contributed by atoms with Gasteiger partial charge < -0.3 is 10.1 Å². The van der Waals surface area contributed by atoms with Gasteiger partial charge >= 0.3 is 0 Å². The van der Waals surface area contributed by atoms with Crippen LogP contribution in [-0.2, 0) is 16.3 Å². The molecule has 1 N–H and O–H groups in total. The van der Waals surface area contributed by atoms with Crippen LogP contribution in [0.2, 0.25) is 0 Å². The van der Waals surface area contributed by atoms with Crippen molar-refractivity contribution in [3.8, 4) is 17.0 Å². The van der Waals surface area contributed by atoms with Gasteiger partial charge in [-0.05, 0) is 60.9 Å². The molecule has 0 aliphatic carbocycles. The van der Waals surface area contributed by atoms with Crippen molar-refractivity contribution in [1.82, 2.24) is 20.1 Å². The molecule has 0 saturated carbocycles. The Balaban J connectivity index is 1.57. The maximum atomic E-state index is 13.0.